The number of hydrogen-bond acceptors (Lipinski definition) is 6. The number of hydrogen-bond donors (Lipinski definition) is 2. The summed E-state index contributed by atoms with van der Waals surface area (Å²) in [5, 5.41) is 7.82. The van der Waals surface area contributed by atoms with Crippen LogP contribution in [0.15, 0.2) is 6.20 Å². The Morgan fingerprint density at radius 3 is 2.81 bits per heavy atom. The average Bonchev–Trinajstić information content (AvgIpc) is 3.32. The highest BCUT2D eigenvalue weighted by molar-refractivity contribution is 5.89. The zero-order chi connectivity index (χ0) is 18.4. The van der Waals surface area contributed by atoms with Gasteiger partial charge >= 0.3 is 0 Å². The van der Waals surface area contributed by atoms with Gasteiger partial charge in [-0.15, -0.1) is 0 Å². The normalized spacial score (nSPS) is 27.2. The van der Waals surface area contributed by atoms with E-state index in [0.29, 0.717) is 24.1 Å². The lowest BCUT2D eigenvalue weighted by atomic mass is 9.77. The summed E-state index contributed by atoms with van der Waals surface area (Å²) < 4.78 is 0. The van der Waals surface area contributed by atoms with E-state index in [4.69, 9.17) is 5.73 Å². The van der Waals surface area contributed by atoms with E-state index in [2.05, 4.69) is 30.0 Å². The van der Waals surface area contributed by atoms with Crippen LogP contribution < -0.4 is 10.6 Å². The molecule has 0 unspecified atom stereocenters. The highest BCUT2D eigenvalue weighted by Gasteiger charge is 2.50. The molecule has 5 rings (SSSR count). The van der Waals surface area contributed by atoms with E-state index < -0.39 is 0 Å². The van der Waals surface area contributed by atoms with E-state index in [9.17, 15) is 4.79 Å². The van der Waals surface area contributed by atoms with Crippen LogP contribution in [0.1, 0.15) is 51.4 Å². The van der Waals surface area contributed by atoms with Crippen molar-refractivity contribution in [2.75, 3.05) is 30.3 Å². The van der Waals surface area contributed by atoms with Crippen LogP contribution in [0.5, 0.6) is 0 Å². The van der Waals surface area contributed by atoms with E-state index in [1.165, 1.54) is 32.1 Å². The van der Waals surface area contributed by atoms with Crippen LogP contribution in [0, 0.1) is 5.41 Å². The topological polar surface area (TPSA) is 104 Å². The third-order valence-corrected chi connectivity index (χ3v) is 6.74. The summed E-state index contributed by atoms with van der Waals surface area (Å²) in [6, 6.07) is 0.452. The maximum Gasteiger partial charge on any atom is 0.230 e. The molecule has 0 bridgehead atoms. The van der Waals surface area contributed by atoms with Crippen LogP contribution in [0.2, 0.25) is 0 Å². The number of fused-ring (bicyclic) bond motifs is 1. The van der Waals surface area contributed by atoms with E-state index >= 15 is 0 Å². The van der Waals surface area contributed by atoms with Gasteiger partial charge < -0.3 is 15.5 Å². The van der Waals surface area contributed by atoms with Crippen LogP contribution in [0.4, 0.5) is 11.8 Å². The highest BCUT2D eigenvalue weighted by Crippen LogP contribution is 2.43. The number of nitrogens with one attached hydrogen (secondary N) is 1. The highest BCUT2D eigenvalue weighted by atomic mass is 16.2. The molecule has 0 radical (unpaired) electrons. The molecular weight excluding hydrogens is 342 g/mol. The monoisotopic (exact) mass is 369 g/mol. The van der Waals surface area contributed by atoms with Crippen LogP contribution in [0.25, 0.3) is 11.0 Å². The lowest BCUT2D eigenvalue weighted by Gasteiger charge is -2.44. The molecule has 3 fully saturated rings. The number of carbonyl (C=O) groups excluding carboxylic acids is 1. The minimum atomic E-state index is -0.272. The molecule has 1 aliphatic carbocycles. The second kappa shape index (κ2) is 6.35. The molecule has 27 heavy (non-hydrogen) atoms. The Morgan fingerprint density at radius 1 is 1.11 bits per heavy atom. The van der Waals surface area contributed by atoms with Gasteiger partial charge in [0, 0.05) is 25.7 Å². The molecule has 8 nitrogen and oxygen atoms in total. The van der Waals surface area contributed by atoms with Gasteiger partial charge in [-0.2, -0.15) is 15.1 Å². The molecule has 2 aromatic heterocycles. The third-order valence-electron chi connectivity index (χ3n) is 6.74. The number of likely N-dealkylation sites (tertiary alicyclic amines) is 1. The molecule has 2 saturated heterocycles. The molecule has 1 atom stereocenters. The van der Waals surface area contributed by atoms with Crippen molar-refractivity contribution >= 4 is 28.7 Å². The molecule has 1 saturated carbocycles. The van der Waals surface area contributed by atoms with Crippen molar-refractivity contribution in [1.29, 1.82) is 0 Å². The smallest absolute Gasteiger partial charge is 0.230 e. The standard InChI is InChI=1S/C19H27N7O/c20-18-22-15-14(11-21-24-15)16(23-18)25-10-8-19(12-25)7-4-9-26(17(19)27)13-5-2-1-3-6-13/h11,13H,1-10,12H2,(H3,20,21,22,23,24)/t19-/m0/s1. The Labute approximate surface area is 158 Å². The Bertz CT molecular complexity index is 859. The lowest BCUT2D eigenvalue weighted by molar-refractivity contribution is -0.148. The van der Waals surface area contributed by atoms with Gasteiger partial charge in [-0.3, -0.25) is 9.89 Å². The van der Waals surface area contributed by atoms with Crippen molar-refractivity contribution in [2.45, 2.75) is 57.4 Å². The molecular formula is C19H27N7O. The molecule has 0 aromatic carbocycles. The minimum Gasteiger partial charge on any atom is -0.368 e. The number of carbonyl (C=O) groups is 1. The number of nitrogens with two attached hydrogens (primary N) is 1. The second-order valence-corrected chi connectivity index (χ2v) is 8.38. The largest absolute Gasteiger partial charge is 0.368 e. The molecule has 2 aliphatic heterocycles. The summed E-state index contributed by atoms with van der Waals surface area (Å²) in [7, 11) is 0. The van der Waals surface area contributed by atoms with E-state index in [1.807, 2.05) is 0 Å². The maximum atomic E-state index is 13.5. The van der Waals surface area contributed by atoms with Crippen LogP contribution in [-0.4, -0.2) is 56.6 Å². The number of nitrogens with zero attached hydrogens (tertiary/aromatic N) is 5. The Hall–Kier alpha value is -2.38. The number of aromatic nitrogens is 4. The minimum absolute atomic E-state index is 0.238. The van der Waals surface area contributed by atoms with Gasteiger partial charge in [-0.25, -0.2) is 0 Å². The van der Waals surface area contributed by atoms with Crippen LogP contribution in [0.3, 0.4) is 0 Å². The first kappa shape index (κ1) is 16.8. The fraction of sp³-hybridized carbons (Fsp3) is 0.684. The predicted molar refractivity (Wildman–Crippen MR) is 103 cm³/mol. The van der Waals surface area contributed by atoms with Gasteiger partial charge in [0.15, 0.2) is 5.65 Å². The Balaban J connectivity index is 1.41. The van der Waals surface area contributed by atoms with Crippen LogP contribution in [-0.2, 0) is 4.79 Å². The summed E-state index contributed by atoms with van der Waals surface area (Å²) in [6.45, 7) is 2.46. The Kier molecular flexibility index (Phi) is 3.94. The summed E-state index contributed by atoms with van der Waals surface area (Å²) in [4.78, 5) is 26.6. The number of amides is 1. The zero-order valence-corrected chi connectivity index (χ0v) is 15.7. The first-order valence-corrected chi connectivity index (χ1v) is 10.2. The van der Waals surface area contributed by atoms with E-state index in [1.54, 1.807) is 6.20 Å². The number of nitrogen functional groups attached to an aromatic ring is 1. The van der Waals surface area contributed by atoms with Gasteiger partial charge in [-0.05, 0) is 32.1 Å². The summed E-state index contributed by atoms with van der Waals surface area (Å²) in [6.07, 6.45) is 10.9. The SMILES string of the molecule is Nc1nc(N2CC[C@@]3(CCCN(C4CCCCC4)C3=O)C2)c2cn[nH]c2n1. The van der Waals surface area contributed by atoms with E-state index in [-0.39, 0.29) is 11.4 Å². The Morgan fingerprint density at radius 2 is 1.96 bits per heavy atom. The molecule has 4 heterocycles. The van der Waals surface area contributed by atoms with Crippen molar-refractivity contribution in [3.63, 3.8) is 0 Å². The van der Waals surface area contributed by atoms with Crippen molar-refractivity contribution in [3.05, 3.63) is 6.20 Å². The number of rotatable bonds is 2. The lowest BCUT2D eigenvalue weighted by Crippen LogP contribution is -2.54. The van der Waals surface area contributed by atoms with Crippen molar-refractivity contribution in [1.82, 2.24) is 25.1 Å². The van der Waals surface area contributed by atoms with Gasteiger partial charge in [0.2, 0.25) is 11.9 Å². The third kappa shape index (κ3) is 2.73. The number of aromatic amines is 1. The number of piperidine rings is 1. The molecule has 1 spiro atoms. The van der Waals surface area contributed by atoms with Gasteiger partial charge in [0.25, 0.3) is 0 Å². The molecule has 3 aliphatic rings. The van der Waals surface area contributed by atoms with Crippen molar-refractivity contribution < 1.29 is 4.79 Å². The molecule has 2 aromatic rings. The van der Waals surface area contributed by atoms with Gasteiger partial charge in [-0.1, -0.05) is 19.3 Å². The first-order chi connectivity index (χ1) is 13.2. The summed E-state index contributed by atoms with van der Waals surface area (Å²) in [5.41, 5.74) is 6.27. The molecule has 8 heteroatoms. The average molecular weight is 369 g/mol. The quantitative estimate of drug-likeness (QED) is 0.840. The first-order valence-electron chi connectivity index (χ1n) is 10.2. The van der Waals surface area contributed by atoms with Gasteiger partial charge in [0.05, 0.1) is 17.0 Å². The molecule has 3 N–H and O–H groups in total. The predicted octanol–water partition coefficient (Wildman–Crippen LogP) is 2.09. The summed E-state index contributed by atoms with van der Waals surface area (Å²) in [5.74, 6) is 1.40. The fourth-order valence-electron chi connectivity index (χ4n) is 5.35. The van der Waals surface area contributed by atoms with E-state index in [0.717, 1.165) is 43.6 Å². The second-order valence-electron chi connectivity index (χ2n) is 8.38. The molecule has 1 amide bonds. The van der Waals surface area contributed by atoms with Crippen LogP contribution >= 0.6 is 0 Å². The summed E-state index contributed by atoms with van der Waals surface area (Å²) >= 11 is 0. The fourth-order valence-corrected chi connectivity index (χ4v) is 5.35. The number of H-pyrrole nitrogens is 1. The van der Waals surface area contributed by atoms with Gasteiger partial charge in [0.1, 0.15) is 5.82 Å². The van der Waals surface area contributed by atoms with Crippen molar-refractivity contribution in [2.24, 2.45) is 5.41 Å². The molecule has 144 valence electrons. The maximum absolute atomic E-state index is 13.5. The van der Waals surface area contributed by atoms with Crippen molar-refractivity contribution in [3.8, 4) is 0 Å². The number of anilines is 2. The zero-order valence-electron chi connectivity index (χ0n) is 15.7.